The number of thiazole rings is 1. The lowest BCUT2D eigenvalue weighted by Gasteiger charge is -2.26. The Balaban J connectivity index is 1.58. The van der Waals surface area contributed by atoms with E-state index in [-0.39, 0.29) is 5.91 Å². The van der Waals surface area contributed by atoms with E-state index in [1.807, 2.05) is 12.3 Å². The third kappa shape index (κ3) is 2.64. The van der Waals surface area contributed by atoms with Crippen LogP contribution in [0.4, 0.5) is 5.13 Å². The molecular weight excluding hydrogens is 264 g/mol. The van der Waals surface area contributed by atoms with Gasteiger partial charge in [0.1, 0.15) is 11.6 Å². The van der Waals surface area contributed by atoms with Crippen molar-refractivity contribution in [1.29, 1.82) is 0 Å². The molecule has 0 radical (unpaired) electrons. The monoisotopic (exact) mass is 278 g/mol. The molecule has 0 aromatic carbocycles. The first-order valence-electron chi connectivity index (χ1n) is 6.03. The number of fused-ring (bicyclic) bond motifs is 1. The van der Waals surface area contributed by atoms with Crippen LogP contribution in [-0.2, 0) is 17.9 Å². The lowest BCUT2D eigenvalue weighted by molar-refractivity contribution is -0.117. The maximum atomic E-state index is 11.9. The van der Waals surface area contributed by atoms with E-state index in [1.165, 1.54) is 11.3 Å². The van der Waals surface area contributed by atoms with Gasteiger partial charge in [-0.05, 0) is 6.92 Å². The van der Waals surface area contributed by atoms with Gasteiger partial charge in [-0.25, -0.2) is 4.98 Å². The Morgan fingerprint density at radius 1 is 1.47 bits per heavy atom. The molecule has 100 valence electrons. The average molecular weight is 278 g/mol. The molecule has 0 aliphatic carbocycles. The zero-order chi connectivity index (χ0) is 13.2. The zero-order valence-electron chi connectivity index (χ0n) is 10.5. The van der Waals surface area contributed by atoms with Gasteiger partial charge in [-0.15, -0.1) is 21.5 Å². The summed E-state index contributed by atoms with van der Waals surface area (Å²) in [5.74, 6) is 1.81. The lowest BCUT2D eigenvalue weighted by Crippen LogP contribution is -2.39. The van der Waals surface area contributed by atoms with E-state index in [9.17, 15) is 4.79 Å². The Morgan fingerprint density at radius 3 is 3.16 bits per heavy atom. The van der Waals surface area contributed by atoms with Gasteiger partial charge >= 0.3 is 0 Å². The molecule has 0 unspecified atom stereocenters. The van der Waals surface area contributed by atoms with Crippen LogP contribution in [0, 0.1) is 6.92 Å². The van der Waals surface area contributed by atoms with Crippen LogP contribution in [0.5, 0.6) is 0 Å². The first-order chi connectivity index (χ1) is 9.22. The molecule has 3 rings (SSSR count). The Hall–Kier alpha value is -1.80. The molecule has 1 amide bonds. The van der Waals surface area contributed by atoms with Crippen molar-refractivity contribution in [1.82, 2.24) is 24.6 Å². The highest BCUT2D eigenvalue weighted by atomic mass is 32.1. The van der Waals surface area contributed by atoms with Gasteiger partial charge in [-0.2, -0.15) is 0 Å². The molecule has 0 fully saturated rings. The molecule has 7 nitrogen and oxygen atoms in total. The van der Waals surface area contributed by atoms with Crippen molar-refractivity contribution >= 4 is 22.4 Å². The summed E-state index contributed by atoms with van der Waals surface area (Å²) in [6, 6.07) is 0. The fourth-order valence-electron chi connectivity index (χ4n) is 2.14. The highest BCUT2D eigenvalue weighted by Crippen LogP contribution is 2.13. The number of rotatable bonds is 3. The second-order valence-electron chi connectivity index (χ2n) is 4.41. The van der Waals surface area contributed by atoms with Gasteiger partial charge in [-0.3, -0.25) is 9.69 Å². The predicted octanol–water partition coefficient (Wildman–Crippen LogP) is 0.497. The Morgan fingerprint density at radius 2 is 2.37 bits per heavy atom. The van der Waals surface area contributed by atoms with E-state index in [0.29, 0.717) is 18.2 Å². The Bertz CT molecular complexity index is 578. The molecule has 2 aromatic heterocycles. The van der Waals surface area contributed by atoms with Gasteiger partial charge in [0.2, 0.25) is 5.91 Å². The topological polar surface area (TPSA) is 75.9 Å². The molecule has 0 atom stereocenters. The summed E-state index contributed by atoms with van der Waals surface area (Å²) >= 11 is 1.42. The van der Waals surface area contributed by atoms with E-state index in [2.05, 4.69) is 30.0 Å². The molecular formula is C11H14N6OS. The molecule has 0 spiro atoms. The standard InChI is InChI=1S/C11H14N6OS/c1-8-14-15-9-6-16(3-4-17(8)9)7-10(18)13-11-12-2-5-19-11/h2,5H,3-4,6-7H2,1H3,(H,12,13,18). The third-order valence-electron chi connectivity index (χ3n) is 3.06. The number of hydrogen-bond acceptors (Lipinski definition) is 6. The summed E-state index contributed by atoms with van der Waals surface area (Å²) in [4.78, 5) is 18.0. The smallest absolute Gasteiger partial charge is 0.240 e. The minimum Gasteiger partial charge on any atom is -0.313 e. The second-order valence-corrected chi connectivity index (χ2v) is 5.31. The number of carbonyl (C=O) groups is 1. The zero-order valence-corrected chi connectivity index (χ0v) is 11.4. The molecule has 3 heterocycles. The second kappa shape index (κ2) is 5.06. The van der Waals surface area contributed by atoms with E-state index in [1.54, 1.807) is 6.20 Å². The number of amides is 1. The van der Waals surface area contributed by atoms with Crippen molar-refractivity contribution in [3.05, 3.63) is 23.2 Å². The van der Waals surface area contributed by atoms with Crippen LogP contribution in [0.3, 0.4) is 0 Å². The minimum atomic E-state index is -0.0420. The van der Waals surface area contributed by atoms with Crippen molar-refractivity contribution < 1.29 is 4.79 Å². The highest BCUT2D eigenvalue weighted by molar-refractivity contribution is 7.13. The molecule has 2 aromatic rings. The van der Waals surface area contributed by atoms with Crippen LogP contribution in [-0.4, -0.2) is 43.6 Å². The number of anilines is 1. The number of hydrogen-bond donors (Lipinski definition) is 1. The average Bonchev–Trinajstić information content (AvgIpc) is 3.00. The van der Waals surface area contributed by atoms with Crippen molar-refractivity contribution in [3.8, 4) is 0 Å². The van der Waals surface area contributed by atoms with Crippen LogP contribution < -0.4 is 5.32 Å². The molecule has 0 saturated heterocycles. The van der Waals surface area contributed by atoms with E-state index < -0.39 is 0 Å². The van der Waals surface area contributed by atoms with Crippen molar-refractivity contribution in [2.24, 2.45) is 0 Å². The van der Waals surface area contributed by atoms with Gasteiger partial charge < -0.3 is 9.88 Å². The molecule has 1 aliphatic rings. The summed E-state index contributed by atoms with van der Waals surface area (Å²) in [6.07, 6.45) is 1.67. The van der Waals surface area contributed by atoms with Gasteiger partial charge in [0, 0.05) is 24.7 Å². The fourth-order valence-corrected chi connectivity index (χ4v) is 2.68. The van der Waals surface area contributed by atoms with Crippen LogP contribution in [0.25, 0.3) is 0 Å². The lowest BCUT2D eigenvalue weighted by atomic mass is 10.3. The fraction of sp³-hybridized carbons (Fsp3) is 0.455. The van der Waals surface area contributed by atoms with Gasteiger partial charge in [0.25, 0.3) is 0 Å². The number of aromatic nitrogens is 4. The Kier molecular flexibility index (Phi) is 3.26. The normalized spacial score (nSPS) is 15.2. The van der Waals surface area contributed by atoms with Gasteiger partial charge in [0.15, 0.2) is 5.13 Å². The summed E-state index contributed by atoms with van der Waals surface area (Å²) in [5, 5.41) is 13.4. The van der Waals surface area contributed by atoms with Crippen molar-refractivity contribution in [2.45, 2.75) is 20.0 Å². The largest absolute Gasteiger partial charge is 0.313 e. The van der Waals surface area contributed by atoms with E-state index >= 15 is 0 Å². The molecule has 19 heavy (non-hydrogen) atoms. The maximum Gasteiger partial charge on any atom is 0.240 e. The van der Waals surface area contributed by atoms with Crippen LogP contribution in [0.15, 0.2) is 11.6 Å². The van der Waals surface area contributed by atoms with Crippen molar-refractivity contribution in [2.75, 3.05) is 18.4 Å². The minimum absolute atomic E-state index is 0.0420. The summed E-state index contributed by atoms with van der Waals surface area (Å²) in [6.45, 7) is 4.62. The number of nitrogens with zero attached hydrogens (tertiary/aromatic N) is 5. The van der Waals surface area contributed by atoms with Crippen LogP contribution in [0.1, 0.15) is 11.6 Å². The first-order valence-corrected chi connectivity index (χ1v) is 6.91. The molecule has 1 N–H and O–H groups in total. The van der Waals surface area contributed by atoms with Crippen LogP contribution in [0.2, 0.25) is 0 Å². The summed E-state index contributed by atoms with van der Waals surface area (Å²) in [7, 11) is 0. The molecule has 8 heteroatoms. The SMILES string of the molecule is Cc1nnc2n1CCN(CC(=O)Nc1nccs1)C2. The molecule has 0 saturated carbocycles. The van der Waals surface area contributed by atoms with E-state index in [4.69, 9.17) is 0 Å². The number of nitrogens with one attached hydrogen (secondary N) is 1. The summed E-state index contributed by atoms with van der Waals surface area (Å²) < 4.78 is 2.09. The van der Waals surface area contributed by atoms with Crippen molar-refractivity contribution in [3.63, 3.8) is 0 Å². The maximum absolute atomic E-state index is 11.9. The van der Waals surface area contributed by atoms with Gasteiger partial charge in [0.05, 0.1) is 13.1 Å². The number of aryl methyl sites for hydroxylation is 1. The highest BCUT2D eigenvalue weighted by Gasteiger charge is 2.21. The Labute approximate surface area is 114 Å². The number of carbonyl (C=O) groups excluding carboxylic acids is 1. The van der Waals surface area contributed by atoms with Gasteiger partial charge in [-0.1, -0.05) is 0 Å². The molecule has 1 aliphatic heterocycles. The quantitative estimate of drug-likeness (QED) is 0.884. The third-order valence-corrected chi connectivity index (χ3v) is 3.75. The van der Waals surface area contributed by atoms with Crippen LogP contribution >= 0.6 is 11.3 Å². The predicted molar refractivity (Wildman–Crippen MR) is 70.8 cm³/mol. The first kappa shape index (κ1) is 12.2. The molecule has 0 bridgehead atoms. The summed E-state index contributed by atoms with van der Waals surface area (Å²) in [5.41, 5.74) is 0. The van der Waals surface area contributed by atoms with E-state index in [0.717, 1.165) is 24.7 Å².